The van der Waals surface area contributed by atoms with Crippen molar-refractivity contribution in [3.05, 3.63) is 289 Å². The van der Waals surface area contributed by atoms with Crippen LogP contribution in [-0.2, 0) is 10.8 Å². The first-order valence-corrected chi connectivity index (χ1v) is 25.5. The van der Waals surface area contributed by atoms with E-state index in [1.807, 2.05) is 12.4 Å². The molecule has 2 aliphatic rings. The van der Waals surface area contributed by atoms with Crippen LogP contribution in [0.25, 0.3) is 55.0 Å². The predicted octanol–water partition coefficient (Wildman–Crippen LogP) is 16.9. The zero-order chi connectivity index (χ0) is 49.1. The normalized spacial score (nSPS) is 14.2. The summed E-state index contributed by atoms with van der Waals surface area (Å²) in [5, 5.41) is 4.87. The molecule has 0 amide bonds. The first-order valence-electron chi connectivity index (χ1n) is 25.5. The molecule has 6 heterocycles. The molecule has 0 aliphatic carbocycles. The van der Waals surface area contributed by atoms with Crippen molar-refractivity contribution >= 4 is 77.9 Å². The van der Waals surface area contributed by atoms with E-state index < -0.39 is 5.41 Å². The Morgan fingerprint density at radius 2 is 0.811 bits per heavy atom. The zero-order valence-corrected chi connectivity index (χ0v) is 40.9. The van der Waals surface area contributed by atoms with Crippen molar-refractivity contribution in [1.82, 2.24) is 19.1 Å². The quantitative estimate of drug-likeness (QED) is 0.167. The van der Waals surface area contributed by atoms with Crippen LogP contribution < -0.4 is 9.80 Å². The van der Waals surface area contributed by atoms with Crippen molar-refractivity contribution in [2.24, 2.45) is 0 Å². The van der Waals surface area contributed by atoms with Crippen molar-refractivity contribution < 1.29 is 0 Å². The summed E-state index contributed by atoms with van der Waals surface area (Å²) in [4.78, 5) is 15.3. The van der Waals surface area contributed by atoms with Gasteiger partial charge < -0.3 is 14.0 Å². The van der Waals surface area contributed by atoms with Gasteiger partial charge in [0.2, 0.25) is 0 Å². The minimum absolute atomic E-state index is 0.351. The van der Waals surface area contributed by atoms with E-state index in [1.165, 1.54) is 60.4 Å². The minimum Gasteiger partial charge on any atom is -0.309 e. The van der Waals surface area contributed by atoms with Gasteiger partial charge in [-0.25, -0.2) is 4.98 Å². The highest BCUT2D eigenvalue weighted by molar-refractivity contribution is 6.11. The number of benzene rings is 9. The maximum Gasteiger partial charge on any atom is 0.139 e. The van der Waals surface area contributed by atoms with Gasteiger partial charge in [-0.2, -0.15) is 0 Å². The highest BCUT2D eigenvalue weighted by Crippen LogP contribution is 2.59. The third kappa shape index (κ3) is 5.82. The predicted molar refractivity (Wildman–Crippen MR) is 304 cm³/mol. The number of rotatable bonds is 6. The Balaban J connectivity index is 1.01. The molecule has 0 N–H and O–H groups in total. The molecule has 0 fully saturated rings. The molecule has 15 rings (SSSR count). The fourth-order valence-corrected chi connectivity index (χ4v) is 12.9. The van der Waals surface area contributed by atoms with Crippen LogP contribution in [0.3, 0.4) is 0 Å². The Morgan fingerprint density at radius 1 is 0.338 bits per heavy atom. The monoisotopic (exact) mass is 948 g/mol. The fraction of sp³-hybridized carbons (Fsp3) is 0.0588. The summed E-state index contributed by atoms with van der Waals surface area (Å²) < 4.78 is 4.89. The van der Waals surface area contributed by atoms with Crippen molar-refractivity contribution in [1.29, 1.82) is 0 Å². The zero-order valence-electron chi connectivity index (χ0n) is 40.9. The van der Waals surface area contributed by atoms with E-state index in [2.05, 4.69) is 276 Å². The molecule has 13 aromatic rings. The van der Waals surface area contributed by atoms with Crippen molar-refractivity contribution in [3.63, 3.8) is 0 Å². The van der Waals surface area contributed by atoms with Crippen LogP contribution in [-0.4, -0.2) is 19.1 Å². The second kappa shape index (κ2) is 16.0. The largest absolute Gasteiger partial charge is 0.309 e. The van der Waals surface area contributed by atoms with Gasteiger partial charge in [0.1, 0.15) is 5.82 Å². The summed E-state index contributed by atoms with van der Waals surface area (Å²) in [5.74, 6) is 0.787. The molecule has 0 spiro atoms. The molecule has 0 radical (unpaired) electrons. The average molecular weight is 949 g/mol. The fourth-order valence-electron chi connectivity index (χ4n) is 12.9. The minimum atomic E-state index is -0.643. The topological polar surface area (TPSA) is 42.1 Å². The number of hydrogen-bond acceptors (Lipinski definition) is 4. The number of pyridine rings is 2. The van der Waals surface area contributed by atoms with Gasteiger partial charge in [-0.15, -0.1) is 0 Å². The Kier molecular flexibility index (Phi) is 9.12. The molecule has 2 aliphatic heterocycles. The number of fused-ring (bicyclic) bond motifs is 10. The van der Waals surface area contributed by atoms with Gasteiger partial charge in [-0.3, -0.25) is 9.88 Å². The van der Waals surface area contributed by atoms with Gasteiger partial charge in [0.05, 0.1) is 74.0 Å². The Bertz CT molecular complexity index is 4180. The van der Waals surface area contributed by atoms with E-state index >= 15 is 0 Å². The van der Waals surface area contributed by atoms with E-state index in [4.69, 9.17) is 9.97 Å². The standard InChI is InChI=1S/C68H48N6/c1-67(2)52-29-13-19-35-60(52)73(62-38-37-47(41-55(62)67)71-56-31-15-9-25-48(56)49-26-10-16-32-57(49)71)65-44-70-66(42-63(65)72-58-33-17-11-27-50(58)51-28-12-18-34-59(51)72)74-61-36-20-14-30-53(61)68(45-21-5-3-6-22-45,46-23-7-4-8-24-46)54-39-40-69-43-64(54)74/h3-44H,1-2H3. The van der Waals surface area contributed by atoms with Crippen molar-refractivity contribution in [3.8, 4) is 11.4 Å². The molecule has 4 aromatic heterocycles. The summed E-state index contributed by atoms with van der Waals surface area (Å²) >= 11 is 0. The third-order valence-corrected chi connectivity index (χ3v) is 16.1. The van der Waals surface area contributed by atoms with Crippen LogP contribution >= 0.6 is 0 Å². The maximum atomic E-state index is 5.65. The lowest BCUT2D eigenvalue weighted by Gasteiger charge is -2.46. The van der Waals surface area contributed by atoms with Crippen LogP contribution in [0, 0.1) is 0 Å². The number of anilines is 6. The molecule has 350 valence electrons. The molecule has 6 heteroatoms. The summed E-state index contributed by atoms with van der Waals surface area (Å²) in [5.41, 5.74) is 18.1. The average Bonchev–Trinajstić information content (AvgIpc) is 4.00. The Morgan fingerprint density at radius 3 is 1.41 bits per heavy atom. The van der Waals surface area contributed by atoms with Crippen LogP contribution in [0.2, 0.25) is 0 Å². The molecular weight excluding hydrogens is 901 g/mol. The first-order chi connectivity index (χ1) is 36.5. The molecule has 9 aromatic carbocycles. The van der Waals surface area contributed by atoms with E-state index in [0.29, 0.717) is 0 Å². The molecule has 6 nitrogen and oxygen atoms in total. The molecule has 0 unspecified atom stereocenters. The molecule has 0 atom stereocenters. The second-order valence-electron chi connectivity index (χ2n) is 20.2. The highest BCUT2D eigenvalue weighted by atomic mass is 15.2. The molecule has 0 saturated heterocycles. The molecular formula is C68H48N6. The summed E-state index contributed by atoms with van der Waals surface area (Å²) in [6.07, 6.45) is 6.07. The lowest BCUT2D eigenvalue weighted by molar-refractivity contribution is 0.631. The molecule has 0 saturated carbocycles. The SMILES string of the molecule is CC1(C)c2ccccc2N(c2cnc(N3c4ccccc4C(c4ccccc4)(c4ccccc4)c4ccncc43)cc2-n2c3ccccc3c3ccccc32)c2ccc(-n3c4ccccc4c4ccccc43)cc21. The third-order valence-electron chi connectivity index (χ3n) is 16.1. The first kappa shape index (κ1) is 42.2. The smallest absolute Gasteiger partial charge is 0.139 e. The van der Waals surface area contributed by atoms with Gasteiger partial charge >= 0.3 is 0 Å². The van der Waals surface area contributed by atoms with E-state index in [-0.39, 0.29) is 5.41 Å². The Labute approximate surface area is 429 Å². The van der Waals surface area contributed by atoms with Crippen molar-refractivity contribution in [2.45, 2.75) is 24.7 Å². The summed E-state index contributed by atoms with van der Waals surface area (Å²) in [6, 6.07) is 86.3. The van der Waals surface area contributed by atoms with Crippen LogP contribution in [0.1, 0.15) is 47.2 Å². The highest BCUT2D eigenvalue weighted by Gasteiger charge is 2.47. The summed E-state index contributed by atoms with van der Waals surface area (Å²) in [7, 11) is 0. The van der Waals surface area contributed by atoms with Gasteiger partial charge in [0.25, 0.3) is 0 Å². The van der Waals surface area contributed by atoms with Crippen molar-refractivity contribution in [2.75, 3.05) is 9.80 Å². The molecule has 0 bridgehead atoms. The number of nitrogens with zero attached hydrogens (tertiary/aromatic N) is 6. The molecule has 74 heavy (non-hydrogen) atoms. The number of aromatic nitrogens is 4. The van der Waals surface area contributed by atoms with Gasteiger partial charge in [0.15, 0.2) is 0 Å². The maximum absolute atomic E-state index is 5.65. The van der Waals surface area contributed by atoms with E-state index in [1.54, 1.807) is 0 Å². The lowest BCUT2D eigenvalue weighted by atomic mass is 9.62. The van der Waals surface area contributed by atoms with E-state index in [9.17, 15) is 0 Å². The number of hydrogen-bond donors (Lipinski definition) is 0. The lowest BCUT2D eigenvalue weighted by Crippen LogP contribution is -2.38. The van der Waals surface area contributed by atoms with Gasteiger partial charge in [-0.1, -0.05) is 184 Å². The summed E-state index contributed by atoms with van der Waals surface area (Å²) in [6.45, 7) is 4.74. The van der Waals surface area contributed by atoms with Crippen LogP contribution in [0.5, 0.6) is 0 Å². The van der Waals surface area contributed by atoms with Gasteiger partial charge in [-0.05, 0) is 94.0 Å². The van der Waals surface area contributed by atoms with E-state index in [0.717, 1.165) is 62.2 Å². The second-order valence-corrected chi connectivity index (χ2v) is 20.2. The van der Waals surface area contributed by atoms with Crippen LogP contribution in [0.15, 0.2) is 255 Å². The number of para-hydroxylation sites is 6. The van der Waals surface area contributed by atoms with Gasteiger partial charge in [0, 0.05) is 44.9 Å². The van der Waals surface area contributed by atoms with Crippen LogP contribution in [0.4, 0.5) is 34.3 Å². The Hall–Kier alpha value is -9.52.